The molecule has 0 saturated heterocycles. The van der Waals surface area contributed by atoms with Gasteiger partial charge in [0.1, 0.15) is 0 Å². The third-order valence-electron chi connectivity index (χ3n) is 3.70. The second-order valence-corrected chi connectivity index (χ2v) is 5.14. The fourth-order valence-electron chi connectivity index (χ4n) is 2.62. The molecule has 0 saturated carbocycles. The molecule has 17 heavy (non-hydrogen) atoms. The molecular weight excluding hydrogens is 210 g/mol. The van der Waals surface area contributed by atoms with Crippen LogP contribution in [0.2, 0.25) is 0 Å². The van der Waals surface area contributed by atoms with Crippen molar-refractivity contribution in [2.24, 2.45) is 0 Å². The predicted molar refractivity (Wildman–Crippen MR) is 71.4 cm³/mol. The van der Waals surface area contributed by atoms with Crippen LogP contribution in [0.4, 0.5) is 0 Å². The number of hydrogen-bond donors (Lipinski definition) is 1. The molecule has 1 aromatic rings. The molecule has 0 bridgehead atoms. The Bertz CT molecular complexity index is 343. The topological polar surface area (TPSA) is 29.9 Å². The molecule has 1 N–H and O–H groups in total. The van der Waals surface area contributed by atoms with E-state index in [1.807, 2.05) is 0 Å². The van der Waals surface area contributed by atoms with Crippen molar-refractivity contribution in [2.75, 3.05) is 13.1 Å². The molecule has 1 aliphatic carbocycles. The Morgan fingerprint density at radius 2 is 2.18 bits per heavy atom. The Balaban J connectivity index is 1.90. The molecular formula is C14H25N3. The van der Waals surface area contributed by atoms with Crippen molar-refractivity contribution in [1.29, 1.82) is 0 Å². The highest BCUT2D eigenvalue weighted by Gasteiger charge is 2.17. The summed E-state index contributed by atoms with van der Waals surface area (Å²) >= 11 is 0. The van der Waals surface area contributed by atoms with Crippen molar-refractivity contribution in [3.05, 3.63) is 17.7 Å². The van der Waals surface area contributed by atoms with Gasteiger partial charge >= 0.3 is 0 Å². The van der Waals surface area contributed by atoms with Gasteiger partial charge in [-0.05, 0) is 58.5 Å². The van der Waals surface area contributed by atoms with E-state index in [4.69, 9.17) is 0 Å². The number of nitrogens with zero attached hydrogens (tertiary/aromatic N) is 2. The summed E-state index contributed by atoms with van der Waals surface area (Å²) < 4.78 is 2.40. The van der Waals surface area contributed by atoms with Gasteiger partial charge in [-0.1, -0.05) is 6.92 Å². The van der Waals surface area contributed by atoms with Gasteiger partial charge in [0, 0.05) is 11.7 Å². The normalized spacial score (nSPS) is 16.8. The van der Waals surface area contributed by atoms with E-state index in [-0.39, 0.29) is 0 Å². The summed E-state index contributed by atoms with van der Waals surface area (Å²) in [6.45, 7) is 6.77. The lowest BCUT2D eigenvalue weighted by molar-refractivity contribution is 0.463. The molecule has 2 rings (SSSR count). The van der Waals surface area contributed by atoms with Crippen LogP contribution < -0.4 is 5.32 Å². The van der Waals surface area contributed by atoms with Crippen molar-refractivity contribution in [3.8, 4) is 0 Å². The molecule has 96 valence electrons. The Morgan fingerprint density at radius 3 is 3.00 bits per heavy atom. The number of aryl methyl sites for hydroxylation is 1. The van der Waals surface area contributed by atoms with Crippen molar-refractivity contribution < 1.29 is 0 Å². The van der Waals surface area contributed by atoms with E-state index < -0.39 is 0 Å². The van der Waals surface area contributed by atoms with Crippen LogP contribution in [0.15, 0.2) is 6.33 Å². The molecule has 1 unspecified atom stereocenters. The smallest absolute Gasteiger partial charge is 0.0954 e. The number of aromatic nitrogens is 2. The molecule has 0 aromatic carbocycles. The maximum Gasteiger partial charge on any atom is 0.0954 e. The standard InChI is InChI=1S/C14H25N3/c1-3-9-15-10-8-12(2)17-11-16-13-6-4-5-7-14(13)17/h11-12,15H,3-10H2,1-2H3. The lowest BCUT2D eigenvalue weighted by atomic mass is 10.0. The summed E-state index contributed by atoms with van der Waals surface area (Å²) in [6, 6.07) is 0.578. The number of nitrogens with one attached hydrogen (secondary N) is 1. The second-order valence-electron chi connectivity index (χ2n) is 5.14. The SMILES string of the molecule is CCCNCCC(C)n1cnc2c1CCCC2. The van der Waals surface area contributed by atoms with Gasteiger partial charge in [0.05, 0.1) is 12.0 Å². The highest BCUT2D eigenvalue weighted by molar-refractivity contribution is 5.17. The van der Waals surface area contributed by atoms with Crippen molar-refractivity contribution in [2.45, 2.75) is 58.4 Å². The van der Waals surface area contributed by atoms with E-state index in [1.54, 1.807) is 0 Å². The Hall–Kier alpha value is -0.830. The molecule has 0 radical (unpaired) electrons. The summed E-state index contributed by atoms with van der Waals surface area (Å²) in [5.41, 5.74) is 2.85. The minimum atomic E-state index is 0.578. The monoisotopic (exact) mass is 235 g/mol. The Morgan fingerprint density at radius 1 is 1.35 bits per heavy atom. The highest BCUT2D eigenvalue weighted by atomic mass is 15.1. The Labute approximate surface area is 105 Å². The first kappa shape index (κ1) is 12.6. The second kappa shape index (κ2) is 6.20. The summed E-state index contributed by atoms with van der Waals surface area (Å²) in [5, 5.41) is 3.47. The predicted octanol–water partition coefficient (Wildman–Crippen LogP) is 2.71. The zero-order valence-corrected chi connectivity index (χ0v) is 11.2. The van der Waals surface area contributed by atoms with E-state index in [9.17, 15) is 0 Å². The lowest BCUT2D eigenvalue weighted by Gasteiger charge is -2.19. The van der Waals surface area contributed by atoms with Gasteiger partial charge in [0.15, 0.2) is 0 Å². The van der Waals surface area contributed by atoms with Crippen molar-refractivity contribution in [1.82, 2.24) is 14.9 Å². The van der Waals surface area contributed by atoms with Crippen LogP contribution >= 0.6 is 0 Å². The Kier molecular flexibility index (Phi) is 4.60. The lowest BCUT2D eigenvalue weighted by Crippen LogP contribution is -2.20. The first-order valence-corrected chi connectivity index (χ1v) is 7.08. The first-order chi connectivity index (χ1) is 8.33. The van der Waals surface area contributed by atoms with E-state index in [0.29, 0.717) is 6.04 Å². The zero-order chi connectivity index (χ0) is 12.1. The molecule has 1 atom stereocenters. The molecule has 3 nitrogen and oxygen atoms in total. The molecule has 0 fully saturated rings. The van der Waals surface area contributed by atoms with Crippen LogP contribution in [0.3, 0.4) is 0 Å². The van der Waals surface area contributed by atoms with Gasteiger partial charge in [-0.25, -0.2) is 4.98 Å². The largest absolute Gasteiger partial charge is 0.331 e. The molecule has 1 aromatic heterocycles. The highest BCUT2D eigenvalue weighted by Crippen LogP contribution is 2.23. The van der Waals surface area contributed by atoms with Gasteiger partial charge in [0.2, 0.25) is 0 Å². The number of rotatable bonds is 6. The maximum atomic E-state index is 4.56. The van der Waals surface area contributed by atoms with Crippen molar-refractivity contribution >= 4 is 0 Å². The third kappa shape index (κ3) is 3.09. The molecule has 1 heterocycles. The molecule has 3 heteroatoms. The fourth-order valence-corrected chi connectivity index (χ4v) is 2.62. The number of fused-ring (bicyclic) bond motifs is 1. The van der Waals surface area contributed by atoms with Crippen LogP contribution in [0.5, 0.6) is 0 Å². The summed E-state index contributed by atoms with van der Waals surface area (Å²) in [6.07, 6.45) is 9.53. The van der Waals surface area contributed by atoms with Crippen LogP contribution in [-0.4, -0.2) is 22.6 Å². The van der Waals surface area contributed by atoms with E-state index in [2.05, 4.69) is 35.0 Å². The van der Waals surface area contributed by atoms with E-state index >= 15 is 0 Å². The minimum Gasteiger partial charge on any atom is -0.331 e. The third-order valence-corrected chi connectivity index (χ3v) is 3.70. The summed E-state index contributed by atoms with van der Waals surface area (Å²) in [4.78, 5) is 4.56. The van der Waals surface area contributed by atoms with Gasteiger partial charge in [-0.15, -0.1) is 0 Å². The van der Waals surface area contributed by atoms with Crippen LogP contribution in [0, 0.1) is 0 Å². The van der Waals surface area contributed by atoms with Crippen LogP contribution in [0.1, 0.15) is 57.0 Å². The zero-order valence-electron chi connectivity index (χ0n) is 11.2. The fraction of sp³-hybridized carbons (Fsp3) is 0.786. The average molecular weight is 235 g/mol. The molecule has 1 aliphatic rings. The first-order valence-electron chi connectivity index (χ1n) is 7.08. The summed E-state index contributed by atoms with van der Waals surface area (Å²) in [7, 11) is 0. The number of hydrogen-bond acceptors (Lipinski definition) is 2. The van der Waals surface area contributed by atoms with Gasteiger partial charge < -0.3 is 9.88 Å². The van der Waals surface area contributed by atoms with Crippen LogP contribution in [0.25, 0.3) is 0 Å². The molecule has 0 amide bonds. The average Bonchev–Trinajstić information content (AvgIpc) is 2.78. The van der Waals surface area contributed by atoms with Crippen molar-refractivity contribution in [3.63, 3.8) is 0 Å². The summed E-state index contributed by atoms with van der Waals surface area (Å²) in [5.74, 6) is 0. The molecule has 0 spiro atoms. The van der Waals surface area contributed by atoms with Gasteiger partial charge in [0.25, 0.3) is 0 Å². The quantitative estimate of drug-likeness (QED) is 0.768. The minimum absolute atomic E-state index is 0.578. The maximum absolute atomic E-state index is 4.56. The van der Waals surface area contributed by atoms with E-state index in [0.717, 1.165) is 13.1 Å². The van der Waals surface area contributed by atoms with Gasteiger partial charge in [-0.3, -0.25) is 0 Å². The van der Waals surface area contributed by atoms with Crippen LogP contribution in [-0.2, 0) is 12.8 Å². The number of imidazole rings is 1. The van der Waals surface area contributed by atoms with E-state index in [1.165, 1.54) is 49.9 Å². The van der Waals surface area contributed by atoms with Gasteiger partial charge in [-0.2, -0.15) is 0 Å². The molecule has 0 aliphatic heterocycles.